The van der Waals surface area contributed by atoms with Crippen LogP contribution in [0.1, 0.15) is 37.3 Å². The van der Waals surface area contributed by atoms with Gasteiger partial charge in [0.15, 0.2) is 0 Å². The summed E-state index contributed by atoms with van der Waals surface area (Å²) in [6, 6.07) is 15.2. The molecule has 0 spiro atoms. The summed E-state index contributed by atoms with van der Waals surface area (Å²) in [4.78, 5) is 37.0. The highest BCUT2D eigenvalue weighted by atomic mass is 16.5. The Kier molecular flexibility index (Phi) is 8.06. The molecule has 0 saturated heterocycles. The van der Waals surface area contributed by atoms with Gasteiger partial charge < -0.3 is 24.8 Å². The first kappa shape index (κ1) is 24.3. The first-order chi connectivity index (χ1) is 15.8. The standard InChI is InChI=1S/C25H30N2O6/c1-4-32-17(13-23(28)27(3)16(2)24(29)30)14-26-25(31)33-15-22-20-11-7-5-9-18(20)19-10-6-8-12-21(19)22/h5-12,16-17,22H,4,13-15H2,1-3H3,(H,26,31)(H,29,30). The van der Waals surface area contributed by atoms with Gasteiger partial charge in [-0.1, -0.05) is 48.5 Å². The number of carboxylic acid groups (broad SMARTS) is 1. The summed E-state index contributed by atoms with van der Waals surface area (Å²) in [5.41, 5.74) is 4.55. The number of ether oxygens (including phenoxy) is 2. The Morgan fingerprint density at radius 2 is 1.64 bits per heavy atom. The number of amides is 2. The second-order valence-corrected chi connectivity index (χ2v) is 8.01. The van der Waals surface area contributed by atoms with E-state index in [0.29, 0.717) is 6.61 Å². The molecule has 0 aliphatic heterocycles. The number of nitrogens with zero attached hydrogens (tertiary/aromatic N) is 1. The highest BCUT2D eigenvalue weighted by molar-refractivity contribution is 5.83. The fraction of sp³-hybridized carbons (Fsp3) is 0.400. The third kappa shape index (κ3) is 5.70. The lowest BCUT2D eigenvalue weighted by atomic mass is 9.98. The fourth-order valence-electron chi connectivity index (χ4n) is 3.99. The molecule has 176 valence electrons. The van der Waals surface area contributed by atoms with Gasteiger partial charge in [0, 0.05) is 26.1 Å². The zero-order valence-corrected chi connectivity index (χ0v) is 19.1. The monoisotopic (exact) mass is 454 g/mol. The molecule has 2 amide bonds. The molecule has 3 rings (SSSR count). The van der Waals surface area contributed by atoms with Gasteiger partial charge in [-0.15, -0.1) is 0 Å². The maximum absolute atomic E-state index is 12.4. The summed E-state index contributed by atoms with van der Waals surface area (Å²) in [5.74, 6) is -1.51. The van der Waals surface area contributed by atoms with Gasteiger partial charge in [0.05, 0.1) is 12.5 Å². The van der Waals surface area contributed by atoms with Crippen molar-refractivity contribution in [2.24, 2.45) is 0 Å². The lowest BCUT2D eigenvalue weighted by Gasteiger charge is -2.24. The number of benzene rings is 2. The predicted octanol–water partition coefficient (Wildman–Crippen LogP) is 3.25. The molecular formula is C25H30N2O6. The van der Waals surface area contributed by atoms with Crippen LogP contribution in [0.5, 0.6) is 0 Å². The summed E-state index contributed by atoms with van der Waals surface area (Å²) in [5, 5.41) is 11.8. The minimum absolute atomic E-state index is 0.0430. The summed E-state index contributed by atoms with van der Waals surface area (Å²) >= 11 is 0. The van der Waals surface area contributed by atoms with Crippen LogP contribution in [0.15, 0.2) is 48.5 Å². The SMILES string of the molecule is CCOC(CNC(=O)OCC1c2ccccc2-c2ccccc21)CC(=O)N(C)C(C)C(=O)O. The highest BCUT2D eigenvalue weighted by Crippen LogP contribution is 2.44. The lowest BCUT2D eigenvalue weighted by molar-refractivity contribution is -0.149. The van der Waals surface area contributed by atoms with E-state index < -0.39 is 24.2 Å². The number of carboxylic acids is 1. The van der Waals surface area contributed by atoms with Gasteiger partial charge in [-0.3, -0.25) is 4.79 Å². The molecule has 2 aromatic carbocycles. The second-order valence-electron chi connectivity index (χ2n) is 8.01. The van der Waals surface area contributed by atoms with Crippen molar-refractivity contribution in [3.63, 3.8) is 0 Å². The molecule has 8 nitrogen and oxygen atoms in total. The van der Waals surface area contributed by atoms with Crippen molar-refractivity contribution in [1.82, 2.24) is 10.2 Å². The van der Waals surface area contributed by atoms with Crippen molar-refractivity contribution >= 4 is 18.0 Å². The predicted molar refractivity (Wildman–Crippen MR) is 123 cm³/mol. The molecule has 1 aliphatic rings. The number of carbonyl (C=O) groups is 3. The minimum Gasteiger partial charge on any atom is -0.480 e. The Labute approximate surface area is 193 Å². The molecule has 0 aromatic heterocycles. The van der Waals surface area contributed by atoms with Gasteiger partial charge in [0.1, 0.15) is 12.6 Å². The largest absolute Gasteiger partial charge is 0.480 e. The molecule has 0 heterocycles. The number of hydrogen-bond acceptors (Lipinski definition) is 5. The third-order valence-electron chi connectivity index (χ3n) is 5.95. The van der Waals surface area contributed by atoms with Crippen molar-refractivity contribution < 1.29 is 29.0 Å². The first-order valence-corrected chi connectivity index (χ1v) is 11.0. The van der Waals surface area contributed by atoms with Gasteiger partial charge >= 0.3 is 12.1 Å². The quantitative estimate of drug-likeness (QED) is 0.571. The minimum atomic E-state index is -1.09. The lowest BCUT2D eigenvalue weighted by Crippen LogP contribution is -2.43. The first-order valence-electron chi connectivity index (χ1n) is 11.0. The second kappa shape index (κ2) is 11.0. The Bertz CT molecular complexity index is 962. The topological polar surface area (TPSA) is 105 Å². The number of alkyl carbamates (subject to hydrolysis) is 1. The van der Waals surface area contributed by atoms with Gasteiger partial charge in [-0.05, 0) is 36.1 Å². The van der Waals surface area contributed by atoms with Gasteiger partial charge in [0.2, 0.25) is 5.91 Å². The van der Waals surface area contributed by atoms with E-state index in [-0.39, 0.29) is 31.4 Å². The molecule has 2 unspecified atom stereocenters. The summed E-state index contributed by atoms with van der Waals surface area (Å²) in [6.45, 7) is 3.84. The number of likely N-dealkylation sites (N-methyl/N-ethyl adjacent to an activating group) is 1. The van der Waals surface area contributed by atoms with Crippen LogP contribution < -0.4 is 5.32 Å². The van der Waals surface area contributed by atoms with Crippen LogP contribution in [0.4, 0.5) is 4.79 Å². The van der Waals surface area contributed by atoms with Crippen molar-refractivity contribution in [3.05, 3.63) is 59.7 Å². The van der Waals surface area contributed by atoms with Crippen LogP contribution >= 0.6 is 0 Å². The zero-order valence-electron chi connectivity index (χ0n) is 19.1. The fourth-order valence-corrected chi connectivity index (χ4v) is 3.99. The molecule has 2 atom stereocenters. The van der Waals surface area contributed by atoms with Crippen LogP contribution in [0.2, 0.25) is 0 Å². The van der Waals surface area contributed by atoms with Crippen molar-refractivity contribution in [2.45, 2.75) is 38.3 Å². The van der Waals surface area contributed by atoms with E-state index in [9.17, 15) is 14.4 Å². The van der Waals surface area contributed by atoms with Crippen molar-refractivity contribution in [3.8, 4) is 11.1 Å². The van der Waals surface area contributed by atoms with Crippen molar-refractivity contribution in [1.29, 1.82) is 0 Å². The van der Waals surface area contributed by atoms with Gasteiger partial charge in [0.25, 0.3) is 0 Å². The molecule has 0 saturated carbocycles. The smallest absolute Gasteiger partial charge is 0.407 e. The van der Waals surface area contributed by atoms with E-state index in [1.54, 1.807) is 6.92 Å². The number of rotatable bonds is 10. The van der Waals surface area contributed by atoms with Crippen LogP contribution in [-0.4, -0.2) is 66.9 Å². The number of carbonyl (C=O) groups excluding carboxylic acids is 2. The third-order valence-corrected chi connectivity index (χ3v) is 5.95. The highest BCUT2D eigenvalue weighted by Gasteiger charge is 2.29. The number of aliphatic carboxylic acids is 1. The molecule has 0 radical (unpaired) electrons. The summed E-state index contributed by atoms with van der Waals surface area (Å²) < 4.78 is 11.1. The number of nitrogens with one attached hydrogen (secondary N) is 1. The molecular weight excluding hydrogens is 424 g/mol. The van der Waals surface area contributed by atoms with Crippen LogP contribution in [0.3, 0.4) is 0 Å². The maximum atomic E-state index is 12.4. The summed E-state index contributed by atoms with van der Waals surface area (Å²) in [6.07, 6.45) is -1.24. The van der Waals surface area contributed by atoms with E-state index in [0.717, 1.165) is 27.2 Å². The summed E-state index contributed by atoms with van der Waals surface area (Å²) in [7, 11) is 1.43. The van der Waals surface area contributed by atoms with E-state index >= 15 is 0 Å². The normalized spacial score (nSPS) is 14.0. The Morgan fingerprint density at radius 3 is 2.18 bits per heavy atom. The average molecular weight is 455 g/mol. The average Bonchev–Trinajstić information content (AvgIpc) is 3.14. The Morgan fingerprint density at radius 1 is 1.06 bits per heavy atom. The van der Waals surface area contributed by atoms with Crippen molar-refractivity contribution in [2.75, 3.05) is 26.8 Å². The molecule has 1 aliphatic carbocycles. The van der Waals surface area contributed by atoms with Crippen LogP contribution in [0, 0.1) is 0 Å². The van der Waals surface area contributed by atoms with E-state index in [4.69, 9.17) is 14.6 Å². The molecule has 2 N–H and O–H groups in total. The molecule has 0 fully saturated rings. The molecule has 8 heteroatoms. The Hall–Kier alpha value is -3.39. The Balaban J connectivity index is 1.55. The van der Waals surface area contributed by atoms with E-state index in [2.05, 4.69) is 17.4 Å². The van der Waals surface area contributed by atoms with E-state index in [1.807, 2.05) is 36.4 Å². The molecule has 33 heavy (non-hydrogen) atoms. The molecule has 2 aromatic rings. The number of hydrogen-bond donors (Lipinski definition) is 2. The molecule has 0 bridgehead atoms. The zero-order chi connectivity index (χ0) is 24.0. The number of fused-ring (bicyclic) bond motifs is 3. The van der Waals surface area contributed by atoms with Crippen LogP contribution in [0.25, 0.3) is 11.1 Å². The van der Waals surface area contributed by atoms with Gasteiger partial charge in [-0.25, -0.2) is 9.59 Å². The van der Waals surface area contributed by atoms with E-state index in [1.165, 1.54) is 14.0 Å². The van der Waals surface area contributed by atoms with Gasteiger partial charge in [-0.2, -0.15) is 0 Å². The van der Waals surface area contributed by atoms with Crippen LogP contribution in [-0.2, 0) is 19.1 Å². The maximum Gasteiger partial charge on any atom is 0.407 e.